The molecule has 0 saturated carbocycles. The summed E-state index contributed by atoms with van der Waals surface area (Å²) >= 11 is 0. The molecule has 1 unspecified atom stereocenters. The molecule has 0 radical (unpaired) electrons. The summed E-state index contributed by atoms with van der Waals surface area (Å²) in [6, 6.07) is 5.97. The zero-order valence-corrected chi connectivity index (χ0v) is 10.1. The summed E-state index contributed by atoms with van der Waals surface area (Å²) in [6.45, 7) is 0. The predicted molar refractivity (Wildman–Crippen MR) is 59.9 cm³/mol. The van der Waals surface area contributed by atoms with E-state index in [4.69, 9.17) is 0 Å². The van der Waals surface area contributed by atoms with Crippen molar-refractivity contribution in [1.82, 2.24) is 5.32 Å². The molecule has 0 aliphatic carbocycles. The summed E-state index contributed by atoms with van der Waals surface area (Å²) in [5.74, 6) is -0.255. The first-order valence-corrected chi connectivity index (χ1v) is 6.88. The Morgan fingerprint density at radius 3 is 2.59 bits per heavy atom. The highest BCUT2D eigenvalue weighted by atomic mass is 32.2. The number of nitrogens with one attached hydrogen (secondary N) is 1. The lowest BCUT2D eigenvalue weighted by Gasteiger charge is -2.37. The highest BCUT2D eigenvalue weighted by Gasteiger charge is 2.47. The van der Waals surface area contributed by atoms with Gasteiger partial charge in [-0.15, -0.1) is 0 Å². The van der Waals surface area contributed by atoms with Crippen molar-refractivity contribution >= 4 is 9.84 Å². The Labute approximate surface area is 98.8 Å². The highest BCUT2D eigenvalue weighted by molar-refractivity contribution is 7.91. The van der Waals surface area contributed by atoms with Crippen LogP contribution in [0.5, 0.6) is 0 Å². The van der Waals surface area contributed by atoms with E-state index in [1.807, 2.05) is 0 Å². The third-order valence-corrected chi connectivity index (χ3v) is 5.05. The van der Waals surface area contributed by atoms with Gasteiger partial charge in [0.05, 0.1) is 10.6 Å². The third kappa shape index (κ3) is 1.75. The molecule has 2 rings (SSSR count). The van der Waals surface area contributed by atoms with E-state index in [2.05, 4.69) is 5.32 Å². The second-order valence-corrected chi connectivity index (χ2v) is 6.16. The zero-order valence-electron chi connectivity index (χ0n) is 9.28. The molecule has 0 fully saturated rings. The topological polar surface area (TPSA) is 46.2 Å². The van der Waals surface area contributed by atoms with E-state index in [0.717, 1.165) is 0 Å². The average molecular weight is 261 g/mol. The van der Waals surface area contributed by atoms with Gasteiger partial charge in [0.15, 0.2) is 9.84 Å². The SMILES string of the molecule is CNC1(C(F)F)CCS(=O)(=O)c2ccccc21. The van der Waals surface area contributed by atoms with Crippen molar-refractivity contribution in [2.75, 3.05) is 12.8 Å². The van der Waals surface area contributed by atoms with Gasteiger partial charge < -0.3 is 5.32 Å². The Hall–Kier alpha value is -1.01. The van der Waals surface area contributed by atoms with Gasteiger partial charge in [0.1, 0.15) is 5.54 Å². The maximum Gasteiger partial charge on any atom is 0.260 e. The van der Waals surface area contributed by atoms with Crippen molar-refractivity contribution in [2.45, 2.75) is 23.3 Å². The Bertz CT molecular complexity index is 530. The van der Waals surface area contributed by atoms with E-state index in [-0.39, 0.29) is 22.6 Å². The maximum absolute atomic E-state index is 13.2. The van der Waals surface area contributed by atoms with E-state index in [1.54, 1.807) is 12.1 Å². The molecule has 1 aliphatic rings. The van der Waals surface area contributed by atoms with Gasteiger partial charge in [0, 0.05) is 0 Å². The number of hydrogen-bond donors (Lipinski definition) is 1. The molecule has 0 bridgehead atoms. The van der Waals surface area contributed by atoms with Crippen molar-refractivity contribution in [2.24, 2.45) is 0 Å². The lowest BCUT2D eigenvalue weighted by molar-refractivity contribution is 0.0267. The lowest BCUT2D eigenvalue weighted by Crippen LogP contribution is -2.50. The van der Waals surface area contributed by atoms with Crippen molar-refractivity contribution in [3.63, 3.8) is 0 Å². The van der Waals surface area contributed by atoms with Crippen LogP contribution in [0.3, 0.4) is 0 Å². The smallest absolute Gasteiger partial charge is 0.260 e. The summed E-state index contributed by atoms with van der Waals surface area (Å²) in [4.78, 5) is 0.0147. The minimum Gasteiger partial charge on any atom is -0.306 e. The average Bonchev–Trinajstić information content (AvgIpc) is 2.30. The number of fused-ring (bicyclic) bond motifs is 1. The highest BCUT2D eigenvalue weighted by Crippen LogP contribution is 2.40. The van der Waals surface area contributed by atoms with Gasteiger partial charge in [-0.3, -0.25) is 0 Å². The fourth-order valence-electron chi connectivity index (χ4n) is 2.24. The maximum atomic E-state index is 13.2. The van der Waals surface area contributed by atoms with Gasteiger partial charge in [-0.1, -0.05) is 18.2 Å². The molecular formula is C11H13F2NO2S. The fraction of sp³-hybridized carbons (Fsp3) is 0.455. The number of alkyl halides is 2. The van der Waals surface area contributed by atoms with E-state index in [0.29, 0.717) is 0 Å². The molecule has 1 heterocycles. The Morgan fingerprint density at radius 1 is 1.35 bits per heavy atom. The summed E-state index contributed by atoms with van der Waals surface area (Å²) in [5.41, 5.74) is -1.38. The molecule has 1 atom stereocenters. The Balaban J connectivity index is 2.71. The first kappa shape index (κ1) is 12.4. The van der Waals surface area contributed by atoms with Crippen molar-refractivity contribution in [3.05, 3.63) is 29.8 Å². The van der Waals surface area contributed by atoms with Crippen molar-refractivity contribution < 1.29 is 17.2 Å². The van der Waals surface area contributed by atoms with Crippen LogP contribution >= 0.6 is 0 Å². The molecule has 0 spiro atoms. The Kier molecular flexibility index (Phi) is 2.95. The molecule has 1 aromatic carbocycles. The normalized spacial score (nSPS) is 26.8. The zero-order chi connectivity index (χ0) is 12.7. The van der Waals surface area contributed by atoms with Gasteiger partial charge in [-0.2, -0.15) is 0 Å². The molecule has 17 heavy (non-hydrogen) atoms. The van der Waals surface area contributed by atoms with Gasteiger partial charge in [-0.05, 0) is 25.1 Å². The van der Waals surface area contributed by atoms with E-state index in [1.165, 1.54) is 19.2 Å². The lowest BCUT2D eigenvalue weighted by atomic mass is 9.87. The molecule has 0 aromatic heterocycles. The number of rotatable bonds is 2. The summed E-state index contributed by atoms with van der Waals surface area (Å²) in [5, 5.41) is 2.60. The van der Waals surface area contributed by atoms with Crippen LogP contribution in [0.25, 0.3) is 0 Å². The molecule has 0 saturated heterocycles. The van der Waals surface area contributed by atoms with E-state index >= 15 is 0 Å². The van der Waals surface area contributed by atoms with Crippen LogP contribution in [0.1, 0.15) is 12.0 Å². The largest absolute Gasteiger partial charge is 0.306 e. The van der Waals surface area contributed by atoms with Gasteiger partial charge in [0.2, 0.25) is 0 Å². The van der Waals surface area contributed by atoms with Crippen molar-refractivity contribution in [1.29, 1.82) is 0 Å². The molecule has 1 aliphatic heterocycles. The van der Waals surface area contributed by atoms with Crippen LogP contribution in [0, 0.1) is 0 Å². The van der Waals surface area contributed by atoms with Crippen molar-refractivity contribution in [3.8, 4) is 0 Å². The standard InChI is InChI=1S/C11H13F2NO2S/c1-14-11(10(12)13)6-7-17(15,16)9-5-3-2-4-8(9)11/h2-5,10,14H,6-7H2,1H3. The summed E-state index contributed by atoms with van der Waals surface area (Å²) in [7, 11) is -2.00. The Morgan fingerprint density at radius 2 is 2.00 bits per heavy atom. The van der Waals surface area contributed by atoms with Crippen LogP contribution in [-0.4, -0.2) is 27.6 Å². The second-order valence-electron chi connectivity index (χ2n) is 4.09. The molecule has 1 aromatic rings. The van der Waals surface area contributed by atoms with Crippen LogP contribution in [0.2, 0.25) is 0 Å². The fourth-order valence-corrected chi connectivity index (χ4v) is 3.92. The summed E-state index contributed by atoms with van der Waals surface area (Å²) in [6.07, 6.45) is -2.76. The van der Waals surface area contributed by atoms with Gasteiger partial charge >= 0.3 is 0 Å². The van der Waals surface area contributed by atoms with Gasteiger partial charge in [0.25, 0.3) is 6.43 Å². The van der Waals surface area contributed by atoms with Crippen LogP contribution in [-0.2, 0) is 15.4 Å². The number of hydrogen-bond acceptors (Lipinski definition) is 3. The van der Waals surface area contributed by atoms with E-state index in [9.17, 15) is 17.2 Å². The van der Waals surface area contributed by atoms with Gasteiger partial charge in [-0.25, -0.2) is 17.2 Å². The molecule has 94 valence electrons. The summed E-state index contributed by atoms with van der Waals surface area (Å²) < 4.78 is 50.2. The monoisotopic (exact) mass is 261 g/mol. The molecule has 0 amide bonds. The quantitative estimate of drug-likeness (QED) is 0.878. The second kappa shape index (κ2) is 4.03. The number of benzene rings is 1. The molecular weight excluding hydrogens is 248 g/mol. The molecule has 6 heteroatoms. The molecule has 3 nitrogen and oxygen atoms in total. The van der Waals surface area contributed by atoms with Crippen LogP contribution in [0.4, 0.5) is 8.78 Å². The van der Waals surface area contributed by atoms with Crippen LogP contribution in [0.15, 0.2) is 29.2 Å². The minimum atomic E-state index is -3.43. The predicted octanol–water partition coefficient (Wildman–Crippen LogP) is 1.54. The third-order valence-electron chi connectivity index (χ3n) is 3.29. The number of halogens is 2. The van der Waals surface area contributed by atoms with Crippen LogP contribution < -0.4 is 5.32 Å². The first-order chi connectivity index (χ1) is 7.94. The molecule has 1 N–H and O–H groups in total. The number of sulfone groups is 1. The first-order valence-electron chi connectivity index (χ1n) is 5.23. The van der Waals surface area contributed by atoms with E-state index < -0.39 is 21.8 Å². The minimum absolute atomic E-state index is 0.0147.